The first-order valence-corrected chi connectivity index (χ1v) is 6.83. The number of hydrogen-bond acceptors (Lipinski definition) is 3. The van der Waals surface area contributed by atoms with E-state index >= 15 is 0 Å². The van der Waals surface area contributed by atoms with Gasteiger partial charge >= 0.3 is 0 Å². The van der Waals surface area contributed by atoms with Crippen LogP contribution in [0.4, 0.5) is 0 Å². The Balaban J connectivity index is 1.88. The van der Waals surface area contributed by atoms with E-state index in [1.165, 1.54) is 16.8 Å². The first-order chi connectivity index (χ1) is 8.60. The van der Waals surface area contributed by atoms with Gasteiger partial charge in [-0.25, -0.2) is 0 Å². The minimum absolute atomic E-state index is 0.0740. The van der Waals surface area contributed by atoms with E-state index in [-0.39, 0.29) is 11.7 Å². The summed E-state index contributed by atoms with van der Waals surface area (Å²) in [5.41, 5.74) is 4.04. The van der Waals surface area contributed by atoms with Crippen LogP contribution in [0.25, 0.3) is 0 Å². The molecular weight excluding hydrogens is 226 g/mol. The third-order valence-corrected chi connectivity index (χ3v) is 4.55. The summed E-state index contributed by atoms with van der Waals surface area (Å²) >= 11 is 0. The molecule has 0 radical (unpaired) electrons. The molecule has 2 aliphatic heterocycles. The van der Waals surface area contributed by atoms with Crippen molar-refractivity contribution < 1.29 is 9.47 Å². The van der Waals surface area contributed by atoms with Gasteiger partial charge in [0.2, 0.25) is 0 Å². The summed E-state index contributed by atoms with van der Waals surface area (Å²) in [5, 5.41) is 3.43. The molecule has 2 heterocycles. The standard InChI is InChI=1S/C15H19NO2/c1-14(2)17-13-12-11-6-8-15(13,18-14)7-5-10(11)4-3-9-16-12/h3-4,9,13,16H,5-8H2,1-2H3. The number of rotatable bonds is 0. The van der Waals surface area contributed by atoms with Crippen molar-refractivity contribution in [1.82, 2.24) is 5.32 Å². The molecular formula is C15H19NO2. The van der Waals surface area contributed by atoms with Crippen LogP contribution in [0.1, 0.15) is 39.5 Å². The first-order valence-electron chi connectivity index (χ1n) is 6.83. The lowest BCUT2D eigenvalue weighted by molar-refractivity contribution is -0.164. The van der Waals surface area contributed by atoms with Gasteiger partial charge in [0.1, 0.15) is 11.7 Å². The Morgan fingerprint density at radius 2 is 2.11 bits per heavy atom. The van der Waals surface area contributed by atoms with Crippen LogP contribution >= 0.6 is 0 Å². The van der Waals surface area contributed by atoms with Gasteiger partial charge in [-0.15, -0.1) is 0 Å². The minimum atomic E-state index is -0.466. The fraction of sp³-hybridized carbons (Fsp3) is 0.600. The second kappa shape index (κ2) is 3.28. The maximum atomic E-state index is 6.31. The molecule has 18 heavy (non-hydrogen) atoms. The summed E-state index contributed by atoms with van der Waals surface area (Å²) in [6, 6.07) is 0. The van der Waals surface area contributed by atoms with Gasteiger partial charge in [-0.05, 0) is 56.8 Å². The second-order valence-electron chi connectivity index (χ2n) is 6.15. The van der Waals surface area contributed by atoms with E-state index in [1.807, 2.05) is 20.0 Å². The van der Waals surface area contributed by atoms with E-state index < -0.39 is 5.79 Å². The molecule has 96 valence electrons. The zero-order valence-corrected chi connectivity index (χ0v) is 11.0. The van der Waals surface area contributed by atoms with Gasteiger partial charge in [0, 0.05) is 6.20 Å². The van der Waals surface area contributed by atoms with Crippen LogP contribution in [-0.4, -0.2) is 17.5 Å². The Hall–Kier alpha value is -1.06. The third-order valence-electron chi connectivity index (χ3n) is 4.55. The van der Waals surface area contributed by atoms with Crippen LogP contribution in [0.15, 0.2) is 35.2 Å². The second-order valence-corrected chi connectivity index (χ2v) is 6.15. The van der Waals surface area contributed by atoms with E-state index in [0.29, 0.717) is 0 Å². The van der Waals surface area contributed by atoms with E-state index in [2.05, 4.69) is 17.5 Å². The van der Waals surface area contributed by atoms with Crippen LogP contribution in [0, 0.1) is 0 Å². The van der Waals surface area contributed by atoms with Gasteiger partial charge in [0.25, 0.3) is 0 Å². The van der Waals surface area contributed by atoms with Crippen LogP contribution in [0.3, 0.4) is 0 Å². The van der Waals surface area contributed by atoms with Crippen LogP contribution < -0.4 is 5.32 Å². The molecule has 1 saturated heterocycles. The highest BCUT2D eigenvalue weighted by atomic mass is 16.8. The van der Waals surface area contributed by atoms with Crippen LogP contribution in [-0.2, 0) is 9.47 Å². The molecule has 0 amide bonds. The quantitative estimate of drug-likeness (QED) is 0.712. The van der Waals surface area contributed by atoms with E-state index in [0.717, 1.165) is 25.7 Å². The van der Waals surface area contributed by atoms with Crippen molar-refractivity contribution in [2.75, 3.05) is 0 Å². The third kappa shape index (κ3) is 1.32. The number of nitrogens with one attached hydrogen (secondary N) is 1. The topological polar surface area (TPSA) is 30.5 Å². The van der Waals surface area contributed by atoms with Crippen LogP contribution in [0.2, 0.25) is 0 Å². The van der Waals surface area contributed by atoms with Gasteiger partial charge in [-0.3, -0.25) is 0 Å². The highest BCUT2D eigenvalue weighted by molar-refractivity contribution is 5.46. The molecule has 5 aliphatic rings. The molecule has 4 bridgehead atoms. The monoisotopic (exact) mass is 245 g/mol. The predicted molar refractivity (Wildman–Crippen MR) is 68.6 cm³/mol. The minimum Gasteiger partial charge on any atom is -0.363 e. The highest BCUT2D eigenvalue weighted by Crippen LogP contribution is 2.53. The molecule has 0 aromatic heterocycles. The first kappa shape index (κ1) is 10.8. The van der Waals surface area contributed by atoms with Gasteiger partial charge < -0.3 is 14.8 Å². The average molecular weight is 245 g/mol. The average Bonchev–Trinajstić information content (AvgIpc) is 2.50. The molecule has 1 saturated carbocycles. The molecule has 3 nitrogen and oxygen atoms in total. The number of hydrogen-bond donors (Lipinski definition) is 1. The molecule has 2 atom stereocenters. The molecule has 5 rings (SSSR count). The Morgan fingerprint density at radius 1 is 1.28 bits per heavy atom. The Bertz CT molecular complexity index is 501. The largest absolute Gasteiger partial charge is 0.363 e. The van der Waals surface area contributed by atoms with Crippen molar-refractivity contribution in [1.29, 1.82) is 0 Å². The van der Waals surface area contributed by atoms with Gasteiger partial charge in [0.15, 0.2) is 5.79 Å². The van der Waals surface area contributed by atoms with Crippen molar-refractivity contribution >= 4 is 0 Å². The Morgan fingerprint density at radius 3 is 3.00 bits per heavy atom. The molecule has 2 unspecified atom stereocenters. The maximum Gasteiger partial charge on any atom is 0.164 e. The lowest BCUT2D eigenvalue weighted by Gasteiger charge is -2.36. The van der Waals surface area contributed by atoms with Crippen LogP contribution in [0.5, 0.6) is 0 Å². The normalized spacial score (nSPS) is 39.9. The molecule has 0 aromatic rings. The summed E-state index contributed by atoms with van der Waals surface area (Å²) in [4.78, 5) is 0. The zero-order chi connectivity index (χ0) is 12.4. The molecule has 0 aromatic carbocycles. The summed E-state index contributed by atoms with van der Waals surface area (Å²) in [5.74, 6) is -0.466. The Labute approximate surface area is 108 Å². The number of allylic oxidation sites excluding steroid dienone is 4. The van der Waals surface area contributed by atoms with Crippen molar-refractivity contribution in [3.05, 3.63) is 35.2 Å². The van der Waals surface area contributed by atoms with Gasteiger partial charge in [-0.2, -0.15) is 0 Å². The summed E-state index contributed by atoms with van der Waals surface area (Å²) in [6.07, 6.45) is 10.8. The van der Waals surface area contributed by atoms with E-state index in [1.54, 1.807) is 0 Å². The number of ether oxygens (including phenoxy) is 2. The van der Waals surface area contributed by atoms with Crippen molar-refractivity contribution in [3.8, 4) is 0 Å². The highest BCUT2D eigenvalue weighted by Gasteiger charge is 2.58. The summed E-state index contributed by atoms with van der Waals surface area (Å²) < 4.78 is 12.5. The van der Waals surface area contributed by atoms with Crippen molar-refractivity contribution in [2.45, 2.75) is 57.0 Å². The zero-order valence-electron chi connectivity index (χ0n) is 11.0. The lowest BCUT2D eigenvalue weighted by atomic mass is 9.82. The SMILES string of the molecule is CC1(C)OC2C3=C4CCC2(CCC4=CC=CN3)O1. The molecule has 1 spiro atoms. The fourth-order valence-electron chi connectivity index (χ4n) is 3.88. The van der Waals surface area contributed by atoms with Crippen molar-refractivity contribution in [2.24, 2.45) is 0 Å². The molecule has 2 fully saturated rings. The molecule has 1 N–H and O–H groups in total. The smallest absolute Gasteiger partial charge is 0.164 e. The fourth-order valence-corrected chi connectivity index (χ4v) is 3.88. The summed E-state index contributed by atoms with van der Waals surface area (Å²) in [6.45, 7) is 4.05. The maximum absolute atomic E-state index is 6.31. The van der Waals surface area contributed by atoms with E-state index in [4.69, 9.17) is 9.47 Å². The molecule has 3 aliphatic carbocycles. The summed E-state index contributed by atoms with van der Waals surface area (Å²) in [7, 11) is 0. The van der Waals surface area contributed by atoms with Crippen molar-refractivity contribution in [3.63, 3.8) is 0 Å². The lowest BCUT2D eigenvalue weighted by Crippen LogP contribution is -2.45. The predicted octanol–water partition coefficient (Wildman–Crippen LogP) is 2.76. The van der Waals surface area contributed by atoms with Gasteiger partial charge in [-0.1, -0.05) is 6.08 Å². The Kier molecular flexibility index (Phi) is 1.97. The molecule has 3 heteroatoms. The number of fused-ring (bicyclic) bond motifs is 2. The van der Waals surface area contributed by atoms with E-state index in [9.17, 15) is 0 Å². The van der Waals surface area contributed by atoms with Gasteiger partial charge in [0.05, 0.1) is 5.70 Å².